The molecule has 1 radical (unpaired) electrons. The Kier molecular flexibility index (Phi) is 4.68. The highest BCUT2D eigenvalue weighted by Crippen LogP contribution is 2.12. The Morgan fingerprint density at radius 2 is 1.87 bits per heavy atom. The molecule has 0 heterocycles. The predicted molar refractivity (Wildman–Crippen MR) is 59.4 cm³/mol. The summed E-state index contributed by atoms with van der Waals surface area (Å²) < 4.78 is 0. The molecule has 1 aromatic rings. The van der Waals surface area contributed by atoms with Gasteiger partial charge in [0, 0.05) is 5.69 Å². The zero-order chi connectivity index (χ0) is 11.1. The van der Waals surface area contributed by atoms with Crippen LogP contribution in [0.4, 0.5) is 10.5 Å². The molecule has 15 heavy (non-hydrogen) atoms. The molecule has 0 aliphatic carbocycles. The van der Waals surface area contributed by atoms with Crippen LogP contribution < -0.4 is 5.32 Å². The van der Waals surface area contributed by atoms with E-state index in [0.717, 1.165) is 6.42 Å². The summed E-state index contributed by atoms with van der Waals surface area (Å²) in [6.45, 7) is 2.17. The number of hydrogen-bond donors (Lipinski definition) is 1. The maximum Gasteiger partial charge on any atom is 0.454 e. The smallest absolute Gasteiger partial charge is 0.288 e. The van der Waals surface area contributed by atoms with Gasteiger partial charge in [0.15, 0.2) is 0 Å². The Labute approximate surface area is 90.1 Å². The normalized spacial score (nSPS) is 9.93. The van der Waals surface area contributed by atoms with Crippen LogP contribution in [0.25, 0.3) is 0 Å². The first-order valence-corrected chi connectivity index (χ1v) is 5.29. The van der Waals surface area contributed by atoms with E-state index in [9.17, 15) is 9.90 Å². The Balaban J connectivity index is 2.45. The monoisotopic (exact) mass is 206 g/mol. The van der Waals surface area contributed by atoms with Gasteiger partial charge in [0.1, 0.15) is 0 Å². The molecule has 1 aromatic carbocycles. The molecule has 1 N–H and O–H groups in total. The SMILES string of the molecule is CCCCCc1ccc(NC([O])=O)cc1. The number of carbonyl (C=O) groups excluding carboxylic acids is 1. The number of nitrogens with one attached hydrogen (secondary N) is 1. The second-order valence-corrected chi connectivity index (χ2v) is 3.57. The fraction of sp³-hybridized carbons (Fsp3) is 0.417. The fourth-order valence-electron chi connectivity index (χ4n) is 1.45. The van der Waals surface area contributed by atoms with Gasteiger partial charge in [-0.15, -0.1) is 0 Å². The molecule has 0 fully saturated rings. The third-order valence-electron chi connectivity index (χ3n) is 2.27. The molecule has 81 valence electrons. The van der Waals surface area contributed by atoms with Crippen molar-refractivity contribution >= 4 is 11.8 Å². The van der Waals surface area contributed by atoms with Crippen LogP contribution in [-0.2, 0) is 11.5 Å². The zero-order valence-electron chi connectivity index (χ0n) is 8.95. The Morgan fingerprint density at radius 3 is 2.40 bits per heavy atom. The van der Waals surface area contributed by atoms with E-state index in [4.69, 9.17) is 0 Å². The predicted octanol–water partition coefficient (Wildman–Crippen LogP) is 3.38. The van der Waals surface area contributed by atoms with Crippen molar-refractivity contribution in [3.8, 4) is 0 Å². The minimum atomic E-state index is -1.27. The maximum atomic E-state index is 10.2. The molecule has 1 amide bonds. The number of carbonyl (C=O) groups is 1. The molecule has 0 saturated heterocycles. The second kappa shape index (κ2) is 6.06. The van der Waals surface area contributed by atoms with Gasteiger partial charge < -0.3 is 0 Å². The third kappa shape index (κ3) is 4.49. The molecule has 0 atom stereocenters. The van der Waals surface area contributed by atoms with E-state index in [1.54, 1.807) is 12.1 Å². The van der Waals surface area contributed by atoms with Gasteiger partial charge >= 0.3 is 6.09 Å². The lowest BCUT2D eigenvalue weighted by molar-refractivity contribution is 0.185. The van der Waals surface area contributed by atoms with Gasteiger partial charge in [0.25, 0.3) is 0 Å². The van der Waals surface area contributed by atoms with Crippen LogP contribution in [0.1, 0.15) is 31.7 Å². The zero-order valence-corrected chi connectivity index (χ0v) is 8.95. The largest absolute Gasteiger partial charge is 0.454 e. The van der Waals surface area contributed by atoms with Crippen LogP contribution in [-0.4, -0.2) is 6.09 Å². The van der Waals surface area contributed by atoms with E-state index in [1.807, 2.05) is 12.1 Å². The molecule has 3 nitrogen and oxygen atoms in total. The number of anilines is 1. The molecule has 0 aromatic heterocycles. The summed E-state index contributed by atoms with van der Waals surface area (Å²) in [5.41, 5.74) is 1.81. The van der Waals surface area contributed by atoms with Gasteiger partial charge in [-0.1, -0.05) is 31.9 Å². The summed E-state index contributed by atoms with van der Waals surface area (Å²) in [4.78, 5) is 10.2. The molecule has 1 rings (SSSR count). The number of amides is 1. The average Bonchev–Trinajstić information content (AvgIpc) is 2.20. The Morgan fingerprint density at radius 1 is 1.20 bits per heavy atom. The molecule has 0 aliphatic rings. The number of hydrogen-bond acceptors (Lipinski definition) is 1. The van der Waals surface area contributed by atoms with Crippen molar-refractivity contribution < 1.29 is 9.90 Å². The summed E-state index contributed by atoms with van der Waals surface area (Å²) in [5, 5.41) is 12.4. The van der Waals surface area contributed by atoms with Crippen molar-refractivity contribution in [1.82, 2.24) is 0 Å². The van der Waals surface area contributed by atoms with Gasteiger partial charge in [-0.25, -0.2) is 9.90 Å². The third-order valence-corrected chi connectivity index (χ3v) is 2.27. The maximum absolute atomic E-state index is 10.2. The lowest BCUT2D eigenvalue weighted by Crippen LogP contribution is -2.05. The van der Waals surface area contributed by atoms with E-state index in [-0.39, 0.29) is 0 Å². The summed E-state index contributed by atoms with van der Waals surface area (Å²) in [5.74, 6) is 0. The number of aryl methyl sites for hydroxylation is 1. The van der Waals surface area contributed by atoms with E-state index in [1.165, 1.54) is 24.8 Å². The highest BCUT2D eigenvalue weighted by Gasteiger charge is 1.99. The van der Waals surface area contributed by atoms with Gasteiger partial charge in [-0.2, -0.15) is 0 Å². The van der Waals surface area contributed by atoms with Crippen molar-refractivity contribution in [2.24, 2.45) is 0 Å². The van der Waals surface area contributed by atoms with Crippen LogP contribution in [0, 0.1) is 0 Å². The standard InChI is InChI=1S/C12H16NO2/c1-2-3-4-5-10-6-8-11(9-7-10)13-12(14)15/h6-9,13H,2-5H2,1H3. The summed E-state index contributed by atoms with van der Waals surface area (Å²) in [6, 6.07) is 7.41. The van der Waals surface area contributed by atoms with Crippen LogP contribution in [0.2, 0.25) is 0 Å². The van der Waals surface area contributed by atoms with Gasteiger partial charge in [0.05, 0.1) is 0 Å². The van der Waals surface area contributed by atoms with Crippen molar-refractivity contribution in [3.05, 3.63) is 29.8 Å². The number of unbranched alkanes of at least 4 members (excludes halogenated alkanes) is 2. The van der Waals surface area contributed by atoms with Gasteiger partial charge in [-0.3, -0.25) is 5.32 Å². The molecule has 0 unspecified atom stereocenters. The first kappa shape index (κ1) is 11.6. The van der Waals surface area contributed by atoms with Crippen LogP contribution >= 0.6 is 0 Å². The van der Waals surface area contributed by atoms with Gasteiger partial charge in [0.2, 0.25) is 0 Å². The average molecular weight is 206 g/mol. The van der Waals surface area contributed by atoms with Crippen LogP contribution in [0.15, 0.2) is 24.3 Å². The van der Waals surface area contributed by atoms with E-state index >= 15 is 0 Å². The van der Waals surface area contributed by atoms with Gasteiger partial charge in [-0.05, 0) is 30.5 Å². The van der Waals surface area contributed by atoms with E-state index < -0.39 is 6.09 Å². The minimum absolute atomic E-state index is 0.564. The fourth-order valence-corrected chi connectivity index (χ4v) is 1.45. The highest BCUT2D eigenvalue weighted by atomic mass is 16.4. The molecule has 0 aliphatic heterocycles. The first-order chi connectivity index (χ1) is 7.22. The first-order valence-electron chi connectivity index (χ1n) is 5.29. The second-order valence-electron chi connectivity index (χ2n) is 3.57. The van der Waals surface area contributed by atoms with E-state index in [2.05, 4.69) is 12.2 Å². The Bertz CT molecular complexity index is 306. The molecule has 0 saturated carbocycles. The molecular weight excluding hydrogens is 190 g/mol. The summed E-state index contributed by atoms with van der Waals surface area (Å²) in [7, 11) is 0. The molecular formula is C12H16NO2. The quantitative estimate of drug-likeness (QED) is 0.737. The highest BCUT2D eigenvalue weighted by molar-refractivity contribution is 5.82. The topological polar surface area (TPSA) is 49.0 Å². The van der Waals surface area contributed by atoms with Crippen molar-refractivity contribution in [2.45, 2.75) is 32.6 Å². The molecule has 0 spiro atoms. The molecule has 3 heteroatoms. The minimum Gasteiger partial charge on any atom is -0.288 e. The lowest BCUT2D eigenvalue weighted by atomic mass is 10.1. The number of rotatable bonds is 5. The number of benzene rings is 1. The van der Waals surface area contributed by atoms with Crippen molar-refractivity contribution in [1.29, 1.82) is 0 Å². The lowest BCUT2D eigenvalue weighted by Gasteiger charge is -2.02. The summed E-state index contributed by atoms with van der Waals surface area (Å²) in [6.07, 6.45) is 3.42. The van der Waals surface area contributed by atoms with E-state index in [0.29, 0.717) is 5.69 Å². The van der Waals surface area contributed by atoms with Crippen LogP contribution in [0.3, 0.4) is 0 Å². The Hall–Kier alpha value is -1.51. The van der Waals surface area contributed by atoms with Crippen LogP contribution in [0.5, 0.6) is 0 Å². The summed E-state index contributed by atoms with van der Waals surface area (Å²) >= 11 is 0. The van der Waals surface area contributed by atoms with Crippen molar-refractivity contribution in [3.63, 3.8) is 0 Å². The van der Waals surface area contributed by atoms with Crippen molar-refractivity contribution in [2.75, 3.05) is 5.32 Å². The molecule has 0 bridgehead atoms.